The third kappa shape index (κ3) is 2.87. The molecule has 0 saturated carbocycles. The van der Waals surface area contributed by atoms with E-state index >= 15 is 0 Å². The standard InChI is InChI=1S/C15H23NOS2/c1-11-9-19-10-13(11)14(16)12-2-5-17-15(8-12)3-6-18-7-4-15/h9-10,12,14H,2-8,16H2,1H3. The van der Waals surface area contributed by atoms with Crippen LogP contribution in [0.3, 0.4) is 0 Å². The predicted molar refractivity (Wildman–Crippen MR) is 84.0 cm³/mol. The van der Waals surface area contributed by atoms with Crippen molar-refractivity contribution >= 4 is 23.1 Å². The Bertz CT molecular complexity index is 420. The van der Waals surface area contributed by atoms with E-state index in [1.165, 1.54) is 35.5 Å². The van der Waals surface area contributed by atoms with Gasteiger partial charge in [0.25, 0.3) is 0 Å². The molecule has 3 rings (SSSR count). The molecule has 2 atom stereocenters. The van der Waals surface area contributed by atoms with Gasteiger partial charge < -0.3 is 10.5 Å². The van der Waals surface area contributed by atoms with E-state index in [0.717, 1.165) is 19.4 Å². The lowest BCUT2D eigenvalue weighted by Crippen LogP contribution is -2.45. The van der Waals surface area contributed by atoms with Crippen LogP contribution in [0.2, 0.25) is 0 Å². The Labute approximate surface area is 124 Å². The average Bonchev–Trinajstić information content (AvgIpc) is 2.85. The highest BCUT2D eigenvalue weighted by Gasteiger charge is 2.40. The summed E-state index contributed by atoms with van der Waals surface area (Å²) < 4.78 is 6.17. The Morgan fingerprint density at radius 3 is 2.84 bits per heavy atom. The van der Waals surface area contributed by atoms with Crippen molar-refractivity contribution in [2.24, 2.45) is 11.7 Å². The molecule has 106 valence electrons. The van der Waals surface area contributed by atoms with E-state index in [1.54, 1.807) is 11.3 Å². The van der Waals surface area contributed by atoms with Crippen molar-refractivity contribution in [3.8, 4) is 0 Å². The van der Waals surface area contributed by atoms with Crippen LogP contribution in [0.1, 0.15) is 42.9 Å². The van der Waals surface area contributed by atoms with Gasteiger partial charge in [0, 0.05) is 12.6 Å². The quantitative estimate of drug-likeness (QED) is 0.903. The summed E-state index contributed by atoms with van der Waals surface area (Å²) in [5.74, 6) is 3.09. The number of hydrogen-bond acceptors (Lipinski definition) is 4. The van der Waals surface area contributed by atoms with E-state index in [1.807, 2.05) is 0 Å². The van der Waals surface area contributed by atoms with Crippen molar-refractivity contribution in [1.82, 2.24) is 0 Å². The van der Waals surface area contributed by atoms with Gasteiger partial charge >= 0.3 is 0 Å². The zero-order chi connectivity index (χ0) is 13.3. The van der Waals surface area contributed by atoms with Crippen molar-refractivity contribution in [2.45, 2.75) is 44.2 Å². The van der Waals surface area contributed by atoms with E-state index in [9.17, 15) is 0 Å². The van der Waals surface area contributed by atoms with Crippen LogP contribution < -0.4 is 5.73 Å². The van der Waals surface area contributed by atoms with Gasteiger partial charge in [0.05, 0.1) is 5.60 Å². The van der Waals surface area contributed by atoms with Gasteiger partial charge in [-0.3, -0.25) is 0 Å². The van der Waals surface area contributed by atoms with Gasteiger partial charge in [-0.15, -0.1) is 0 Å². The predicted octanol–water partition coefficient (Wildman–Crippen LogP) is 3.75. The summed E-state index contributed by atoms with van der Waals surface area (Å²) in [6.07, 6.45) is 4.70. The van der Waals surface area contributed by atoms with Gasteiger partial charge in [0.1, 0.15) is 0 Å². The van der Waals surface area contributed by atoms with Gasteiger partial charge in [-0.1, -0.05) is 0 Å². The molecular weight excluding hydrogens is 274 g/mol. The molecule has 4 heteroatoms. The summed E-state index contributed by atoms with van der Waals surface area (Å²) in [7, 11) is 0. The van der Waals surface area contributed by atoms with Crippen LogP contribution in [-0.4, -0.2) is 23.7 Å². The van der Waals surface area contributed by atoms with Crippen molar-refractivity contribution < 1.29 is 4.74 Å². The molecule has 1 aromatic rings. The number of thiophene rings is 1. The molecule has 0 aliphatic carbocycles. The Balaban J connectivity index is 1.72. The second-order valence-corrected chi connectivity index (χ2v) is 7.90. The van der Waals surface area contributed by atoms with Crippen LogP contribution >= 0.6 is 23.1 Å². The molecular formula is C15H23NOS2. The number of rotatable bonds is 2. The maximum Gasteiger partial charge on any atom is 0.0701 e. The summed E-state index contributed by atoms with van der Waals surface area (Å²) >= 11 is 3.83. The Morgan fingerprint density at radius 2 is 2.16 bits per heavy atom. The van der Waals surface area contributed by atoms with Gasteiger partial charge in [0.2, 0.25) is 0 Å². The zero-order valence-corrected chi connectivity index (χ0v) is 13.2. The highest BCUT2D eigenvalue weighted by Crippen LogP contribution is 2.43. The fraction of sp³-hybridized carbons (Fsp3) is 0.733. The topological polar surface area (TPSA) is 35.2 Å². The van der Waals surface area contributed by atoms with Crippen molar-refractivity contribution in [3.05, 3.63) is 21.9 Å². The van der Waals surface area contributed by atoms with Crippen LogP contribution in [0, 0.1) is 12.8 Å². The highest BCUT2D eigenvalue weighted by atomic mass is 32.2. The minimum absolute atomic E-state index is 0.149. The number of aryl methyl sites for hydroxylation is 1. The molecule has 2 saturated heterocycles. The molecule has 2 unspecified atom stereocenters. The van der Waals surface area contributed by atoms with E-state index in [-0.39, 0.29) is 11.6 Å². The van der Waals surface area contributed by atoms with Crippen LogP contribution in [0.15, 0.2) is 10.8 Å². The van der Waals surface area contributed by atoms with Gasteiger partial charge in [-0.25, -0.2) is 0 Å². The molecule has 3 heterocycles. The monoisotopic (exact) mass is 297 g/mol. The molecule has 0 aromatic carbocycles. The summed E-state index contributed by atoms with van der Waals surface area (Å²) in [6.45, 7) is 3.07. The molecule has 2 aliphatic rings. The maximum atomic E-state index is 6.55. The molecule has 1 spiro atoms. The smallest absolute Gasteiger partial charge is 0.0701 e. The summed E-state index contributed by atoms with van der Waals surface area (Å²) in [6, 6.07) is 0.196. The SMILES string of the molecule is Cc1cscc1C(N)C1CCOC2(CCSCC2)C1. The fourth-order valence-electron chi connectivity index (χ4n) is 3.43. The average molecular weight is 297 g/mol. The zero-order valence-electron chi connectivity index (χ0n) is 11.6. The molecule has 1 aromatic heterocycles. The van der Waals surface area contributed by atoms with Gasteiger partial charge in [0.15, 0.2) is 0 Å². The van der Waals surface area contributed by atoms with Crippen LogP contribution in [0.25, 0.3) is 0 Å². The van der Waals surface area contributed by atoms with Crippen LogP contribution in [0.4, 0.5) is 0 Å². The van der Waals surface area contributed by atoms with Crippen LogP contribution in [0.5, 0.6) is 0 Å². The Morgan fingerprint density at radius 1 is 1.37 bits per heavy atom. The fourth-order valence-corrected chi connectivity index (χ4v) is 5.56. The maximum absolute atomic E-state index is 6.55. The van der Waals surface area contributed by atoms with Crippen molar-refractivity contribution in [1.29, 1.82) is 0 Å². The highest BCUT2D eigenvalue weighted by molar-refractivity contribution is 7.99. The molecule has 0 bridgehead atoms. The molecule has 0 radical (unpaired) electrons. The molecule has 2 nitrogen and oxygen atoms in total. The van der Waals surface area contributed by atoms with E-state index in [4.69, 9.17) is 10.5 Å². The third-order valence-corrected chi connectivity index (χ3v) is 6.56. The second kappa shape index (κ2) is 5.76. The van der Waals surface area contributed by atoms with Crippen molar-refractivity contribution in [3.63, 3.8) is 0 Å². The lowest BCUT2D eigenvalue weighted by molar-refractivity contribution is -0.105. The lowest BCUT2D eigenvalue weighted by atomic mass is 9.77. The van der Waals surface area contributed by atoms with E-state index in [2.05, 4.69) is 29.4 Å². The van der Waals surface area contributed by atoms with Crippen LogP contribution in [-0.2, 0) is 4.74 Å². The first-order chi connectivity index (χ1) is 9.20. The molecule has 2 fully saturated rings. The first kappa shape index (κ1) is 13.9. The molecule has 2 aliphatic heterocycles. The number of ether oxygens (including phenoxy) is 1. The van der Waals surface area contributed by atoms with Crippen molar-refractivity contribution in [2.75, 3.05) is 18.1 Å². The van der Waals surface area contributed by atoms with Gasteiger partial charge in [-0.05, 0) is 71.9 Å². The largest absolute Gasteiger partial charge is 0.375 e. The van der Waals surface area contributed by atoms with E-state index < -0.39 is 0 Å². The number of hydrogen-bond donors (Lipinski definition) is 1. The molecule has 2 N–H and O–H groups in total. The van der Waals surface area contributed by atoms with E-state index in [0.29, 0.717) is 5.92 Å². The second-order valence-electron chi connectivity index (χ2n) is 5.93. The summed E-state index contributed by atoms with van der Waals surface area (Å²) in [5.41, 5.74) is 9.42. The summed E-state index contributed by atoms with van der Waals surface area (Å²) in [4.78, 5) is 0. The number of nitrogens with two attached hydrogens (primary N) is 1. The first-order valence-corrected chi connectivity index (χ1v) is 9.30. The number of thioether (sulfide) groups is 1. The normalized spacial score (nSPS) is 28.4. The Hall–Kier alpha value is -0.0300. The minimum Gasteiger partial charge on any atom is -0.375 e. The third-order valence-electron chi connectivity index (χ3n) is 4.70. The summed E-state index contributed by atoms with van der Waals surface area (Å²) in [5, 5.41) is 4.44. The molecule has 19 heavy (non-hydrogen) atoms. The lowest BCUT2D eigenvalue weighted by Gasteiger charge is -2.44. The molecule has 0 amide bonds. The minimum atomic E-state index is 0.149. The Kier molecular flexibility index (Phi) is 4.22. The first-order valence-electron chi connectivity index (χ1n) is 7.20. The van der Waals surface area contributed by atoms with Gasteiger partial charge in [-0.2, -0.15) is 23.1 Å².